The molecular weight excluding hydrogens is 421 g/mol. The van der Waals surface area contributed by atoms with Crippen molar-refractivity contribution >= 4 is 41.8 Å². The van der Waals surface area contributed by atoms with Gasteiger partial charge in [0.05, 0.1) is 0 Å². The van der Waals surface area contributed by atoms with E-state index in [0.717, 1.165) is 0 Å². The first-order valence-corrected chi connectivity index (χ1v) is 7.60. The largest absolute Gasteiger partial charge is 0.357 e. The fourth-order valence-corrected chi connectivity index (χ4v) is 1.68. The molecule has 3 N–H and O–H groups in total. The summed E-state index contributed by atoms with van der Waals surface area (Å²) in [4.78, 5) is 29.1. The van der Waals surface area contributed by atoms with Crippen molar-refractivity contribution in [2.45, 2.75) is 6.92 Å². The number of hydrogen-bond donors (Lipinski definition) is 3. The van der Waals surface area contributed by atoms with E-state index < -0.39 is 0 Å². The van der Waals surface area contributed by atoms with Gasteiger partial charge in [-0.2, -0.15) is 0 Å². The lowest BCUT2D eigenvalue weighted by Crippen LogP contribution is -2.42. The molecule has 0 spiro atoms. The van der Waals surface area contributed by atoms with E-state index in [1.54, 1.807) is 26.2 Å². The smallest absolute Gasteiger partial charge is 0.251 e. The lowest BCUT2D eigenvalue weighted by molar-refractivity contribution is -0.127. The van der Waals surface area contributed by atoms with Crippen molar-refractivity contribution in [3.63, 3.8) is 0 Å². The Morgan fingerprint density at radius 2 is 1.67 bits per heavy atom. The van der Waals surface area contributed by atoms with E-state index in [4.69, 9.17) is 0 Å². The molecule has 8 heteroatoms. The topological polar surface area (TPSA) is 85.8 Å². The van der Waals surface area contributed by atoms with Gasteiger partial charge in [0.2, 0.25) is 5.91 Å². The normalized spacial score (nSPS) is 10.4. The van der Waals surface area contributed by atoms with Crippen LogP contribution >= 0.6 is 24.0 Å². The third-order valence-electron chi connectivity index (χ3n) is 2.95. The van der Waals surface area contributed by atoms with Gasteiger partial charge in [-0.25, -0.2) is 4.99 Å². The minimum Gasteiger partial charge on any atom is -0.357 e. The second-order valence-electron chi connectivity index (χ2n) is 5.03. The van der Waals surface area contributed by atoms with Crippen LogP contribution in [0, 0.1) is 0 Å². The summed E-state index contributed by atoms with van der Waals surface area (Å²) in [5.41, 5.74) is 0.629. The summed E-state index contributed by atoms with van der Waals surface area (Å²) in [5, 5.41) is 8.95. The van der Waals surface area contributed by atoms with E-state index in [1.165, 1.54) is 4.90 Å². The number of rotatable bonds is 7. The fourth-order valence-electron chi connectivity index (χ4n) is 1.68. The molecule has 1 rings (SSSR count). The van der Waals surface area contributed by atoms with Gasteiger partial charge in [-0.1, -0.05) is 18.2 Å². The zero-order valence-corrected chi connectivity index (χ0v) is 16.7. The van der Waals surface area contributed by atoms with Gasteiger partial charge in [0.1, 0.15) is 6.54 Å². The number of aliphatic imine (C=N–C) groups is 1. The van der Waals surface area contributed by atoms with E-state index in [1.807, 2.05) is 25.1 Å². The Labute approximate surface area is 160 Å². The summed E-state index contributed by atoms with van der Waals surface area (Å²) >= 11 is 0. The van der Waals surface area contributed by atoms with E-state index in [0.29, 0.717) is 31.2 Å². The number of hydrogen-bond acceptors (Lipinski definition) is 3. The maximum atomic E-state index is 11.9. The Hall–Kier alpha value is -1.84. The third kappa shape index (κ3) is 8.70. The second-order valence-corrected chi connectivity index (χ2v) is 5.03. The van der Waals surface area contributed by atoms with Gasteiger partial charge in [-0.15, -0.1) is 24.0 Å². The quantitative estimate of drug-likeness (QED) is 0.249. The van der Waals surface area contributed by atoms with Gasteiger partial charge in [-0.3, -0.25) is 9.59 Å². The highest BCUT2D eigenvalue weighted by Crippen LogP contribution is 1.96. The molecule has 0 atom stereocenters. The zero-order valence-electron chi connectivity index (χ0n) is 14.3. The number of carbonyl (C=O) groups is 2. The standard InChI is InChI=1S/C16H25N5O2.HI/c1-4-17-16(20-12-14(22)21(2)3)19-11-10-18-15(23)13-8-6-5-7-9-13;/h5-9H,4,10-12H2,1-3H3,(H,18,23)(H2,17,19,20);1H. The van der Waals surface area contributed by atoms with Crippen molar-refractivity contribution in [2.24, 2.45) is 4.99 Å². The van der Waals surface area contributed by atoms with Crippen molar-refractivity contribution in [3.05, 3.63) is 35.9 Å². The van der Waals surface area contributed by atoms with E-state index in [9.17, 15) is 9.59 Å². The van der Waals surface area contributed by atoms with Crippen LogP contribution in [0.2, 0.25) is 0 Å². The lowest BCUT2D eigenvalue weighted by Gasteiger charge is -2.13. The molecule has 1 aromatic rings. The van der Waals surface area contributed by atoms with Crippen LogP contribution in [0.25, 0.3) is 0 Å². The van der Waals surface area contributed by atoms with Crippen molar-refractivity contribution < 1.29 is 9.59 Å². The van der Waals surface area contributed by atoms with Crippen LogP contribution in [0.3, 0.4) is 0 Å². The molecule has 0 bridgehead atoms. The monoisotopic (exact) mass is 447 g/mol. The molecule has 0 aliphatic heterocycles. The molecule has 0 fully saturated rings. The zero-order chi connectivity index (χ0) is 17.1. The molecule has 134 valence electrons. The predicted molar refractivity (Wildman–Crippen MR) is 107 cm³/mol. The number of guanidine groups is 1. The Balaban J connectivity index is 0.00000529. The summed E-state index contributed by atoms with van der Waals surface area (Å²) < 4.78 is 0. The number of likely N-dealkylation sites (N-methyl/N-ethyl adjacent to an activating group) is 1. The van der Waals surface area contributed by atoms with Crippen LogP contribution in [0.15, 0.2) is 35.3 Å². The molecule has 0 saturated heterocycles. The molecule has 7 nitrogen and oxygen atoms in total. The van der Waals surface area contributed by atoms with Crippen LogP contribution in [-0.4, -0.2) is 62.9 Å². The lowest BCUT2D eigenvalue weighted by atomic mass is 10.2. The summed E-state index contributed by atoms with van der Waals surface area (Å²) in [7, 11) is 3.38. The molecule has 24 heavy (non-hydrogen) atoms. The maximum absolute atomic E-state index is 11.9. The Bertz CT molecular complexity index is 535. The number of amides is 2. The third-order valence-corrected chi connectivity index (χ3v) is 2.95. The minimum atomic E-state index is -0.114. The van der Waals surface area contributed by atoms with Crippen molar-refractivity contribution in [1.29, 1.82) is 0 Å². The van der Waals surface area contributed by atoms with Crippen LogP contribution in [0.4, 0.5) is 0 Å². The summed E-state index contributed by atoms with van der Waals surface area (Å²) in [6.07, 6.45) is 0. The van der Waals surface area contributed by atoms with Crippen molar-refractivity contribution in [2.75, 3.05) is 40.3 Å². The maximum Gasteiger partial charge on any atom is 0.251 e. The molecule has 0 aliphatic carbocycles. The average molecular weight is 447 g/mol. The number of carbonyl (C=O) groups excluding carboxylic acids is 2. The van der Waals surface area contributed by atoms with Crippen molar-refractivity contribution in [3.8, 4) is 0 Å². The van der Waals surface area contributed by atoms with Gasteiger partial charge < -0.3 is 20.9 Å². The van der Waals surface area contributed by atoms with Crippen molar-refractivity contribution in [1.82, 2.24) is 20.9 Å². The molecule has 0 unspecified atom stereocenters. The highest BCUT2D eigenvalue weighted by molar-refractivity contribution is 14.0. The Kier molecular flexibility index (Phi) is 11.6. The molecular formula is C16H26IN5O2. The van der Waals surface area contributed by atoms with Crippen LogP contribution in [0.1, 0.15) is 17.3 Å². The molecule has 2 amide bonds. The Morgan fingerprint density at radius 1 is 1.04 bits per heavy atom. The molecule has 0 radical (unpaired) electrons. The van der Waals surface area contributed by atoms with Gasteiger partial charge in [0.25, 0.3) is 5.91 Å². The highest BCUT2D eigenvalue weighted by atomic mass is 127. The first-order valence-electron chi connectivity index (χ1n) is 7.60. The SMILES string of the molecule is CCNC(=NCC(=O)N(C)C)NCCNC(=O)c1ccccc1.I. The van der Waals surface area contributed by atoms with E-state index in [-0.39, 0.29) is 42.3 Å². The van der Waals surface area contributed by atoms with Gasteiger partial charge in [0.15, 0.2) is 5.96 Å². The number of nitrogens with zero attached hydrogens (tertiary/aromatic N) is 2. The van der Waals surface area contributed by atoms with Crippen LogP contribution in [-0.2, 0) is 4.79 Å². The summed E-state index contributed by atoms with van der Waals surface area (Å²) in [5.74, 6) is 0.369. The van der Waals surface area contributed by atoms with E-state index >= 15 is 0 Å². The molecule has 0 aliphatic rings. The average Bonchev–Trinajstić information content (AvgIpc) is 2.56. The molecule has 0 saturated carbocycles. The minimum absolute atomic E-state index is 0. The van der Waals surface area contributed by atoms with E-state index in [2.05, 4.69) is 20.9 Å². The van der Waals surface area contributed by atoms with Gasteiger partial charge >= 0.3 is 0 Å². The van der Waals surface area contributed by atoms with Gasteiger partial charge in [-0.05, 0) is 19.1 Å². The molecule has 0 heterocycles. The van der Waals surface area contributed by atoms with Crippen LogP contribution in [0.5, 0.6) is 0 Å². The predicted octanol–water partition coefficient (Wildman–Crippen LogP) is 0.678. The molecule has 1 aromatic carbocycles. The first kappa shape index (κ1) is 22.2. The summed E-state index contributed by atoms with van der Waals surface area (Å²) in [6, 6.07) is 9.05. The second kappa shape index (κ2) is 12.6. The Morgan fingerprint density at radius 3 is 2.25 bits per heavy atom. The fraction of sp³-hybridized carbons (Fsp3) is 0.438. The highest BCUT2D eigenvalue weighted by Gasteiger charge is 2.05. The van der Waals surface area contributed by atoms with Crippen LogP contribution < -0.4 is 16.0 Å². The first-order chi connectivity index (χ1) is 11.0. The summed E-state index contributed by atoms with van der Waals surface area (Å²) in [6.45, 7) is 3.69. The van der Waals surface area contributed by atoms with Gasteiger partial charge in [0, 0.05) is 39.3 Å². The number of halogens is 1. The number of nitrogens with one attached hydrogen (secondary N) is 3. The number of benzene rings is 1. The molecule has 0 aromatic heterocycles.